The van der Waals surface area contributed by atoms with E-state index in [1.54, 1.807) is 50.6 Å². The zero-order valence-electron chi connectivity index (χ0n) is 14.5. The molecule has 2 aromatic rings. The van der Waals surface area contributed by atoms with Crippen LogP contribution in [0.15, 0.2) is 46.0 Å². The van der Waals surface area contributed by atoms with E-state index in [-0.39, 0.29) is 18.1 Å². The number of ether oxygens (including phenoxy) is 2. The Hall–Kier alpha value is -2.54. The van der Waals surface area contributed by atoms with Gasteiger partial charge in [-0.1, -0.05) is 15.9 Å². The smallest absolute Gasteiger partial charge is 0.247 e. The first kappa shape index (κ1) is 18.3. The molecule has 0 radical (unpaired) electrons. The predicted molar refractivity (Wildman–Crippen MR) is 102 cm³/mol. The molecule has 3 rings (SSSR count). The minimum absolute atomic E-state index is 0.0910. The molecule has 0 bridgehead atoms. The number of benzene rings is 2. The van der Waals surface area contributed by atoms with Gasteiger partial charge in [-0.05, 0) is 47.5 Å². The molecule has 0 fully saturated rings. The van der Waals surface area contributed by atoms with Gasteiger partial charge < -0.3 is 14.6 Å². The van der Waals surface area contributed by atoms with Crippen molar-refractivity contribution < 1.29 is 19.4 Å². The molecule has 1 aliphatic rings. The number of hydrogen-bond acceptors (Lipinski definition) is 5. The summed E-state index contributed by atoms with van der Waals surface area (Å²) in [5.74, 6) is 1.29. The van der Waals surface area contributed by atoms with Crippen LogP contribution in [0.4, 0.5) is 0 Å². The molecule has 7 heteroatoms. The van der Waals surface area contributed by atoms with E-state index in [0.29, 0.717) is 24.5 Å². The van der Waals surface area contributed by atoms with Crippen molar-refractivity contribution in [3.8, 4) is 17.2 Å². The second kappa shape index (κ2) is 7.78. The molecule has 1 N–H and O–H groups in total. The van der Waals surface area contributed by atoms with E-state index in [1.807, 2.05) is 0 Å². The van der Waals surface area contributed by atoms with Gasteiger partial charge in [-0.2, -0.15) is 5.10 Å². The van der Waals surface area contributed by atoms with Gasteiger partial charge in [0.2, 0.25) is 5.91 Å². The summed E-state index contributed by atoms with van der Waals surface area (Å²) in [6.07, 6.45) is 0.886. The SMILES string of the molecule is COc1cc(Br)c(CC(=O)N2CCC(c3ccc(O)cc3)=N2)cc1OC. The molecule has 1 heterocycles. The summed E-state index contributed by atoms with van der Waals surface area (Å²) in [4.78, 5) is 12.6. The van der Waals surface area contributed by atoms with Gasteiger partial charge in [-0.3, -0.25) is 4.79 Å². The molecule has 0 saturated heterocycles. The van der Waals surface area contributed by atoms with Crippen LogP contribution in [0.1, 0.15) is 17.5 Å². The standard InChI is InChI=1S/C19H19BrN2O4/c1-25-17-9-13(15(20)11-18(17)26-2)10-19(24)22-8-7-16(21-22)12-3-5-14(23)6-4-12/h3-6,9,11,23H,7-8,10H2,1-2H3. The van der Waals surface area contributed by atoms with Gasteiger partial charge in [0, 0.05) is 10.9 Å². The summed E-state index contributed by atoms with van der Waals surface area (Å²) in [6.45, 7) is 0.542. The third kappa shape index (κ3) is 3.83. The molecular formula is C19H19BrN2O4. The fourth-order valence-corrected chi connectivity index (χ4v) is 3.24. The van der Waals surface area contributed by atoms with Gasteiger partial charge in [0.25, 0.3) is 0 Å². The van der Waals surface area contributed by atoms with Crippen LogP contribution in [0, 0.1) is 0 Å². The van der Waals surface area contributed by atoms with Crippen molar-refractivity contribution in [3.05, 3.63) is 52.0 Å². The third-order valence-electron chi connectivity index (χ3n) is 4.18. The number of halogens is 1. The Bertz CT molecular complexity index is 849. The molecule has 0 unspecified atom stereocenters. The van der Waals surface area contributed by atoms with Crippen molar-refractivity contribution in [2.24, 2.45) is 5.10 Å². The molecule has 0 aliphatic carbocycles. The van der Waals surface area contributed by atoms with Crippen LogP contribution in [0.5, 0.6) is 17.2 Å². The monoisotopic (exact) mass is 418 g/mol. The maximum atomic E-state index is 12.6. The van der Waals surface area contributed by atoms with E-state index < -0.39 is 0 Å². The number of aromatic hydroxyl groups is 1. The zero-order chi connectivity index (χ0) is 18.7. The van der Waals surface area contributed by atoms with E-state index in [2.05, 4.69) is 21.0 Å². The van der Waals surface area contributed by atoms with Gasteiger partial charge in [0.15, 0.2) is 11.5 Å². The number of nitrogens with zero attached hydrogens (tertiary/aromatic N) is 2. The van der Waals surface area contributed by atoms with E-state index in [1.165, 1.54) is 5.01 Å². The summed E-state index contributed by atoms with van der Waals surface area (Å²) in [7, 11) is 3.13. The van der Waals surface area contributed by atoms with Crippen LogP contribution in [0.3, 0.4) is 0 Å². The molecule has 2 aromatic carbocycles. The lowest BCUT2D eigenvalue weighted by atomic mass is 10.1. The first-order valence-electron chi connectivity index (χ1n) is 8.09. The normalized spacial score (nSPS) is 13.5. The van der Waals surface area contributed by atoms with Crippen molar-refractivity contribution in [2.75, 3.05) is 20.8 Å². The molecule has 26 heavy (non-hydrogen) atoms. The van der Waals surface area contributed by atoms with E-state index >= 15 is 0 Å². The number of rotatable bonds is 5. The first-order valence-corrected chi connectivity index (χ1v) is 8.88. The third-order valence-corrected chi connectivity index (χ3v) is 4.92. The first-order chi connectivity index (χ1) is 12.5. The number of methoxy groups -OCH3 is 2. The minimum atomic E-state index is -0.0910. The average molecular weight is 419 g/mol. The van der Waals surface area contributed by atoms with Crippen LogP contribution in [0.2, 0.25) is 0 Å². The van der Waals surface area contributed by atoms with Crippen LogP contribution >= 0.6 is 15.9 Å². The Kier molecular flexibility index (Phi) is 5.46. The fourth-order valence-electron chi connectivity index (χ4n) is 2.78. The zero-order valence-corrected chi connectivity index (χ0v) is 16.1. The number of carbonyl (C=O) groups is 1. The summed E-state index contributed by atoms with van der Waals surface area (Å²) >= 11 is 3.48. The highest BCUT2D eigenvalue weighted by Gasteiger charge is 2.23. The topological polar surface area (TPSA) is 71.4 Å². The van der Waals surface area contributed by atoms with Gasteiger partial charge in [0.1, 0.15) is 5.75 Å². The number of amides is 1. The second-order valence-electron chi connectivity index (χ2n) is 5.84. The van der Waals surface area contributed by atoms with Gasteiger partial charge >= 0.3 is 0 Å². The lowest BCUT2D eigenvalue weighted by molar-refractivity contribution is -0.130. The Morgan fingerprint density at radius 2 is 1.85 bits per heavy atom. The second-order valence-corrected chi connectivity index (χ2v) is 6.69. The molecule has 1 aliphatic heterocycles. The lowest BCUT2D eigenvalue weighted by Crippen LogP contribution is -2.25. The van der Waals surface area contributed by atoms with Crippen LogP contribution in [-0.4, -0.2) is 42.5 Å². The quantitative estimate of drug-likeness (QED) is 0.807. The number of phenols is 1. The number of phenolic OH excluding ortho intramolecular Hbond substituents is 1. The highest BCUT2D eigenvalue weighted by Crippen LogP contribution is 2.33. The minimum Gasteiger partial charge on any atom is -0.508 e. The highest BCUT2D eigenvalue weighted by molar-refractivity contribution is 9.10. The van der Waals surface area contributed by atoms with Crippen LogP contribution in [-0.2, 0) is 11.2 Å². The number of hydrazone groups is 1. The van der Waals surface area contributed by atoms with Gasteiger partial charge in [0.05, 0.1) is 32.9 Å². The molecular weight excluding hydrogens is 400 g/mol. The Labute approximate surface area is 160 Å². The van der Waals surface area contributed by atoms with E-state index in [9.17, 15) is 9.90 Å². The van der Waals surface area contributed by atoms with Crippen molar-refractivity contribution in [3.63, 3.8) is 0 Å². The maximum absolute atomic E-state index is 12.6. The average Bonchev–Trinajstić information content (AvgIpc) is 3.13. The van der Waals surface area contributed by atoms with Gasteiger partial charge in [-0.25, -0.2) is 5.01 Å². The highest BCUT2D eigenvalue weighted by atomic mass is 79.9. The van der Waals surface area contributed by atoms with Crippen molar-refractivity contribution >= 4 is 27.5 Å². The molecule has 0 atom stereocenters. The molecule has 136 valence electrons. The summed E-state index contributed by atoms with van der Waals surface area (Å²) in [6, 6.07) is 10.4. The Balaban J connectivity index is 1.76. The number of carbonyl (C=O) groups excluding carboxylic acids is 1. The molecule has 1 amide bonds. The largest absolute Gasteiger partial charge is 0.508 e. The molecule has 0 saturated carbocycles. The summed E-state index contributed by atoms with van der Waals surface area (Å²) in [5.41, 5.74) is 2.55. The molecule has 6 nitrogen and oxygen atoms in total. The summed E-state index contributed by atoms with van der Waals surface area (Å²) in [5, 5.41) is 15.3. The van der Waals surface area contributed by atoms with Crippen LogP contribution < -0.4 is 9.47 Å². The van der Waals surface area contributed by atoms with Crippen molar-refractivity contribution in [1.29, 1.82) is 0 Å². The van der Waals surface area contributed by atoms with E-state index in [0.717, 1.165) is 21.3 Å². The van der Waals surface area contributed by atoms with Crippen molar-refractivity contribution in [1.82, 2.24) is 5.01 Å². The Morgan fingerprint density at radius 3 is 2.50 bits per heavy atom. The van der Waals surface area contributed by atoms with E-state index in [4.69, 9.17) is 9.47 Å². The predicted octanol–water partition coefficient (Wildman–Crippen LogP) is 3.35. The summed E-state index contributed by atoms with van der Waals surface area (Å²) < 4.78 is 11.3. The van der Waals surface area contributed by atoms with Crippen molar-refractivity contribution in [2.45, 2.75) is 12.8 Å². The van der Waals surface area contributed by atoms with Crippen LogP contribution in [0.25, 0.3) is 0 Å². The maximum Gasteiger partial charge on any atom is 0.247 e. The lowest BCUT2D eigenvalue weighted by Gasteiger charge is -2.14. The Morgan fingerprint density at radius 1 is 1.19 bits per heavy atom. The number of hydrogen-bond donors (Lipinski definition) is 1. The molecule has 0 aromatic heterocycles. The molecule has 0 spiro atoms. The van der Waals surface area contributed by atoms with Gasteiger partial charge in [-0.15, -0.1) is 0 Å². The fraction of sp³-hybridized carbons (Fsp3) is 0.263.